The molecule has 0 unspecified atom stereocenters. The highest BCUT2D eigenvalue weighted by Gasteiger charge is 2.10. The summed E-state index contributed by atoms with van der Waals surface area (Å²) in [6, 6.07) is 5.30. The molecule has 5 nitrogen and oxygen atoms in total. The molecule has 0 aromatic carbocycles. The number of carbonyl (C=O) groups is 1. The zero-order valence-corrected chi connectivity index (χ0v) is 10.8. The van der Waals surface area contributed by atoms with Crippen LogP contribution in [0.3, 0.4) is 0 Å². The third kappa shape index (κ3) is 2.91. The highest BCUT2D eigenvalue weighted by molar-refractivity contribution is 9.10. The lowest BCUT2D eigenvalue weighted by Gasteiger charge is -2.04. The Morgan fingerprint density at radius 2 is 2.35 bits per heavy atom. The number of carbonyl (C=O) groups excluding carboxylic acids is 1. The zero-order chi connectivity index (χ0) is 12.3. The summed E-state index contributed by atoms with van der Waals surface area (Å²) in [7, 11) is 1.84. The Bertz CT molecular complexity index is 538. The van der Waals surface area contributed by atoms with Gasteiger partial charge in [-0.1, -0.05) is 0 Å². The third-order valence-electron chi connectivity index (χ3n) is 2.20. The number of amides is 1. The fourth-order valence-corrected chi connectivity index (χ4v) is 1.81. The van der Waals surface area contributed by atoms with Gasteiger partial charge in [0.05, 0.1) is 17.8 Å². The van der Waals surface area contributed by atoms with E-state index in [2.05, 4.69) is 31.3 Å². The first kappa shape index (κ1) is 11.8. The first-order valence-corrected chi connectivity index (χ1v) is 5.83. The first-order valence-electron chi connectivity index (χ1n) is 5.04. The monoisotopic (exact) mass is 294 g/mol. The second-order valence-electron chi connectivity index (χ2n) is 3.51. The molecule has 17 heavy (non-hydrogen) atoms. The molecule has 2 aromatic heterocycles. The van der Waals surface area contributed by atoms with Crippen molar-refractivity contribution in [3.8, 4) is 0 Å². The lowest BCUT2D eigenvalue weighted by Crippen LogP contribution is -2.23. The number of halogens is 1. The summed E-state index contributed by atoms with van der Waals surface area (Å²) in [5.74, 6) is -0.171. The van der Waals surface area contributed by atoms with E-state index >= 15 is 0 Å². The molecule has 2 heterocycles. The molecule has 1 N–H and O–H groups in total. The second-order valence-corrected chi connectivity index (χ2v) is 4.26. The Labute approximate surface area is 107 Å². The van der Waals surface area contributed by atoms with Crippen molar-refractivity contribution in [1.82, 2.24) is 20.1 Å². The largest absolute Gasteiger partial charge is 0.346 e. The van der Waals surface area contributed by atoms with Crippen molar-refractivity contribution >= 4 is 21.8 Å². The number of aromatic nitrogens is 3. The molecular formula is C11H11BrN4O. The topological polar surface area (TPSA) is 59.8 Å². The average molecular weight is 295 g/mol. The van der Waals surface area contributed by atoms with Crippen molar-refractivity contribution in [2.45, 2.75) is 6.54 Å². The van der Waals surface area contributed by atoms with Gasteiger partial charge in [0.2, 0.25) is 0 Å². The van der Waals surface area contributed by atoms with E-state index in [1.807, 2.05) is 19.3 Å². The third-order valence-corrected chi connectivity index (χ3v) is 2.83. The molecule has 0 radical (unpaired) electrons. The van der Waals surface area contributed by atoms with Crippen molar-refractivity contribution in [1.29, 1.82) is 0 Å². The Morgan fingerprint density at radius 1 is 1.53 bits per heavy atom. The van der Waals surface area contributed by atoms with Crippen LogP contribution in [0.1, 0.15) is 16.1 Å². The smallest absolute Gasteiger partial charge is 0.254 e. The van der Waals surface area contributed by atoms with E-state index < -0.39 is 0 Å². The predicted molar refractivity (Wildman–Crippen MR) is 66.3 cm³/mol. The number of aryl methyl sites for hydroxylation is 1. The van der Waals surface area contributed by atoms with Crippen LogP contribution in [-0.4, -0.2) is 20.7 Å². The zero-order valence-electron chi connectivity index (χ0n) is 9.22. The molecule has 6 heteroatoms. The maximum Gasteiger partial charge on any atom is 0.254 e. The van der Waals surface area contributed by atoms with Gasteiger partial charge in [0.1, 0.15) is 4.60 Å². The lowest BCUT2D eigenvalue weighted by molar-refractivity contribution is 0.0949. The quantitative estimate of drug-likeness (QED) is 0.873. The van der Waals surface area contributed by atoms with E-state index in [9.17, 15) is 4.79 Å². The number of nitrogens with zero attached hydrogens (tertiary/aromatic N) is 3. The van der Waals surface area contributed by atoms with Crippen molar-refractivity contribution < 1.29 is 4.79 Å². The minimum atomic E-state index is -0.171. The summed E-state index contributed by atoms with van der Waals surface area (Å²) >= 11 is 3.24. The summed E-state index contributed by atoms with van der Waals surface area (Å²) in [4.78, 5) is 15.8. The van der Waals surface area contributed by atoms with Crippen molar-refractivity contribution in [3.63, 3.8) is 0 Å². The number of hydrogen-bond donors (Lipinski definition) is 1. The van der Waals surface area contributed by atoms with Crippen LogP contribution >= 0.6 is 15.9 Å². The van der Waals surface area contributed by atoms with Crippen LogP contribution in [0.25, 0.3) is 0 Å². The first-order chi connectivity index (χ1) is 8.16. The van der Waals surface area contributed by atoms with Crippen LogP contribution < -0.4 is 5.32 Å². The average Bonchev–Trinajstić information content (AvgIpc) is 2.73. The van der Waals surface area contributed by atoms with Crippen molar-refractivity contribution in [3.05, 3.63) is 46.5 Å². The number of nitrogens with one attached hydrogen (secondary N) is 1. The van der Waals surface area contributed by atoms with Gasteiger partial charge in [-0.3, -0.25) is 9.48 Å². The fourth-order valence-electron chi connectivity index (χ4n) is 1.38. The Balaban J connectivity index is 2.01. The number of rotatable bonds is 3. The van der Waals surface area contributed by atoms with Gasteiger partial charge in [0, 0.05) is 19.4 Å². The number of hydrogen-bond acceptors (Lipinski definition) is 3. The van der Waals surface area contributed by atoms with Gasteiger partial charge in [-0.2, -0.15) is 5.10 Å². The fraction of sp³-hybridized carbons (Fsp3) is 0.182. The van der Waals surface area contributed by atoms with Crippen LogP contribution in [0, 0.1) is 0 Å². The van der Waals surface area contributed by atoms with Crippen LogP contribution in [0.2, 0.25) is 0 Å². The van der Waals surface area contributed by atoms with Gasteiger partial charge < -0.3 is 5.32 Å². The normalized spacial score (nSPS) is 10.2. The summed E-state index contributed by atoms with van der Waals surface area (Å²) in [6.45, 7) is 0.404. The maximum atomic E-state index is 11.8. The molecule has 88 valence electrons. The summed E-state index contributed by atoms with van der Waals surface area (Å²) in [5, 5.41) is 6.96. The molecule has 0 fully saturated rings. The van der Waals surface area contributed by atoms with Gasteiger partial charge >= 0.3 is 0 Å². The Morgan fingerprint density at radius 3 is 3.00 bits per heavy atom. The van der Waals surface area contributed by atoms with Crippen molar-refractivity contribution in [2.75, 3.05) is 0 Å². The molecular weight excluding hydrogens is 284 g/mol. The summed E-state index contributed by atoms with van der Waals surface area (Å²) in [6.07, 6.45) is 3.46. The van der Waals surface area contributed by atoms with E-state index in [1.54, 1.807) is 23.0 Å². The Hall–Kier alpha value is -1.69. The maximum absolute atomic E-state index is 11.8. The highest BCUT2D eigenvalue weighted by atomic mass is 79.9. The van der Waals surface area contributed by atoms with Gasteiger partial charge in [-0.25, -0.2) is 4.98 Å². The molecule has 2 rings (SSSR count). The molecule has 1 amide bonds. The van der Waals surface area contributed by atoms with E-state index in [1.165, 1.54) is 0 Å². The minimum Gasteiger partial charge on any atom is -0.346 e. The molecule has 0 atom stereocenters. The molecule has 0 saturated carbocycles. The molecule has 0 aliphatic rings. The van der Waals surface area contributed by atoms with Gasteiger partial charge in [0.15, 0.2) is 0 Å². The van der Waals surface area contributed by atoms with Crippen LogP contribution in [0.5, 0.6) is 0 Å². The molecule has 0 spiro atoms. The minimum absolute atomic E-state index is 0.171. The standard InChI is InChI=1S/C11H11BrN4O/c1-16-6-4-8(15-16)7-14-11(17)9-3-2-5-13-10(9)12/h2-6H,7H2,1H3,(H,14,17). The SMILES string of the molecule is Cn1ccc(CNC(=O)c2cccnc2Br)n1. The van der Waals surface area contributed by atoms with E-state index in [0.717, 1.165) is 5.69 Å². The van der Waals surface area contributed by atoms with E-state index in [-0.39, 0.29) is 5.91 Å². The van der Waals surface area contributed by atoms with Crippen LogP contribution in [-0.2, 0) is 13.6 Å². The molecule has 0 saturated heterocycles. The molecule has 0 aliphatic heterocycles. The Kier molecular flexibility index (Phi) is 3.53. The van der Waals surface area contributed by atoms with Crippen molar-refractivity contribution in [2.24, 2.45) is 7.05 Å². The highest BCUT2D eigenvalue weighted by Crippen LogP contribution is 2.12. The van der Waals surface area contributed by atoms with Crippen LogP contribution in [0.4, 0.5) is 0 Å². The van der Waals surface area contributed by atoms with Gasteiger partial charge in [-0.05, 0) is 34.1 Å². The predicted octanol–water partition coefficient (Wildman–Crippen LogP) is 1.51. The molecule has 0 aliphatic carbocycles. The van der Waals surface area contributed by atoms with Gasteiger partial charge in [-0.15, -0.1) is 0 Å². The molecule has 2 aromatic rings. The van der Waals surface area contributed by atoms with E-state index in [4.69, 9.17) is 0 Å². The molecule has 0 bridgehead atoms. The number of pyridine rings is 1. The van der Waals surface area contributed by atoms with Gasteiger partial charge in [0.25, 0.3) is 5.91 Å². The van der Waals surface area contributed by atoms with E-state index in [0.29, 0.717) is 16.7 Å². The summed E-state index contributed by atoms with van der Waals surface area (Å²) in [5.41, 5.74) is 1.34. The second kappa shape index (κ2) is 5.09. The summed E-state index contributed by atoms with van der Waals surface area (Å²) < 4.78 is 2.24. The lowest BCUT2D eigenvalue weighted by atomic mass is 10.2. The van der Waals surface area contributed by atoms with Crippen LogP contribution in [0.15, 0.2) is 35.2 Å².